The molecule has 0 radical (unpaired) electrons. The predicted molar refractivity (Wildman–Crippen MR) is 98.6 cm³/mol. The highest BCUT2D eigenvalue weighted by Gasteiger charge is 2.53. The molecule has 144 valence electrons. The molecule has 1 saturated heterocycles. The summed E-state index contributed by atoms with van der Waals surface area (Å²) < 4.78 is 33.1. The second kappa shape index (κ2) is 6.58. The molecular formula is C20H23NO5S. The van der Waals surface area contributed by atoms with Crippen molar-refractivity contribution in [2.45, 2.75) is 36.7 Å². The number of hydrogen-bond donors (Lipinski definition) is 1. The maximum atomic E-state index is 13.1. The number of ketones is 1. The molecule has 7 heteroatoms. The van der Waals surface area contributed by atoms with Gasteiger partial charge in [-0.15, -0.1) is 0 Å². The van der Waals surface area contributed by atoms with Crippen LogP contribution in [-0.2, 0) is 15.6 Å². The second-order valence-corrected chi connectivity index (χ2v) is 9.50. The molecule has 2 aliphatic rings. The molecule has 1 aliphatic carbocycles. The van der Waals surface area contributed by atoms with E-state index in [1.165, 1.54) is 41.8 Å². The molecule has 2 fully saturated rings. The van der Waals surface area contributed by atoms with Crippen molar-refractivity contribution in [1.29, 1.82) is 0 Å². The Morgan fingerprint density at radius 3 is 2.59 bits per heavy atom. The van der Waals surface area contributed by atoms with Crippen LogP contribution in [0, 0.1) is 11.8 Å². The zero-order valence-corrected chi connectivity index (χ0v) is 16.0. The fraction of sp³-hybridized carbons (Fsp3) is 0.450. The molecule has 4 rings (SSSR count). The smallest absolute Gasteiger partial charge is 0.243 e. The number of benzene rings is 1. The lowest BCUT2D eigenvalue weighted by atomic mass is 9.69. The summed E-state index contributed by atoms with van der Waals surface area (Å²) in [7, 11) is -3.68. The molecule has 2 aromatic rings. The first-order chi connectivity index (χ1) is 12.8. The van der Waals surface area contributed by atoms with E-state index in [9.17, 15) is 18.3 Å². The van der Waals surface area contributed by atoms with E-state index in [-0.39, 0.29) is 29.1 Å². The topological polar surface area (TPSA) is 87.8 Å². The number of sulfonamides is 1. The first-order valence-electron chi connectivity index (χ1n) is 9.20. The van der Waals surface area contributed by atoms with Crippen molar-refractivity contribution >= 4 is 15.8 Å². The highest BCUT2D eigenvalue weighted by molar-refractivity contribution is 7.89. The average Bonchev–Trinajstić information content (AvgIpc) is 3.33. The Morgan fingerprint density at radius 2 is 1.96 bits per heavy atom. The van der Waals surface area contributed by atoms with Crippen LogP contribution in [0.25, 0.3) is 0 Å². The van der Waals surface area contributed by atoms with Gasteiger partial charge in [0.2, 0.25) is 10.0 Å². The minimum Gasteiger partial charge on any atom is -0.466 e. The summed E-state index contributed by atoms with van der Waals surface area (Å²) in [4.78, 5) is 11.6. The Morgan fingerprint density at radius 1 is 1.22 bits per heavy atom. The Hall–Kier alpha value is -1.96. The predicted octanol–water partition coefficient (Wildman–Crippen LogP) is 2.79. The molecule has 1 saturated carbocycles. The van der Waals surface area contributed by atoms with Crippen molar-refractivity contribution in [3.05, 3.63) is 54.0 Å². The average molecular weight is 389 g/mol. The summed E-state index contributed by atoms with van der Waals surface area (Å²) in [6, 6.07) is 9.55. The number of aliphatic hydroxyl groups is 1. The number of carbonyl (C=O) groups is 1. The van der Waals surface area contributed by atoms with Gasteiger partial charge in [0.05, 0.1) is 11.2 Å². The highest BCUT2D eigenvalue weighted by Crippen LogP contribution is 2.49. The zero-order valence-electron chi connectivity index (χ0n) is 15.2. The third-order valence-electron chi connectivity index (χ3n) is 6.00. The van der Waals surface area contributed by atoms with E-state index in [1.807, 2.05) is 0 Å². The Labute approximate surface area is 158 Å². The van der Waals surface area contributed by atoms with Crippen molar-refractivity contribution < 1.29 is 22.7 Å². The van der Waals surface area contributed by atoms with E-state index in [2.05, 4.69) is 0 Å². The first kappa shape index (κ1) is 18.4. The number of nitrogens with zero attached hydrogens (tertiary/aromatic N) is 1. The molecule has 0 unspecified atom stereocenters. The largest absolute Gasteiger partial charge is 0.466 e. The third-order valence-corrected chi connectivity index (χ3v) is 7.85. The molecule has 6 nitrogen and oxygen atoms in total. The summed E-state index contributed by atoms with van der Waals surface area (Å²) in [6.07, 6.45) is 3.84. The van der Waals surface area contributed by atoms with Crippen molar-refractivity contribution in [2.24, 2.45) is 11.8 Å². The summed E-state index contributed by atoms with van der Waals surface area (Å²) >= 11 is 0. The van der Waals surface area contributed by atoms with Crippen molar-refractivity contribution in [2.75, 3.05) is 13.1 Å². The summed E-state index contributed by atoms with van der Waals surface area (Å²) in [5.74, 6) is 0.320. The monoisotopic (exact) mass is 389 g/mol. The van der Waals surface area contributed by atoms with Gasteiger partial charge in [0.15, 0.2) is 5.78 Å². The van der Waals surface area contributed by atoms with Crippen molar-refractivity contribution in [3.8, 4) is 0 Å². The van der Waals surface area contributed by atoms with E-state index in [1.54, 1.807) is 12.1 Å². The van der Waals surface area contributed by atoms with Gasteiger partial charge in [0, 0.05) is 24.6 Å². The fourth-order valence-corrected chi connectivity index (χ4v) is 6.04. The molecule has 1 aromatic heterocycles. The van der Waals surface area contributed by atoms with Crippen LogP contribution in [0.15, 0.2) is 52.0 Å². The van der Waals surface area contributed by atoms with Gasteiger partial charge in [0.25, 0.3) is 0 Å². The van der Waals surface area contributed by atoms with Crippen molar-refractivity contribution in [1.82, 2.24) is 4.31 Å². The third kappa shape index (κ3) is 3.03. The molecule has 1 aromatic carbocycles. The number of Topliss-reactive ketones (excluding diaryl/α,β-unsaturated/α-hetero) is 1. The lowest BCUT2D eigenvalue weighted by Crippen LogP contribution is -2.42. The van der Waals surface area contributed by atoms with Gasteiger partial charge in [0.1, 0.15) is 11.4 Å². The number of carbonyl (C=O) groups excluding carboxylic acids is 1. The Bertz CT molecular complexity index is 935. The van der Waals surface area contributed by atoms with Crippen LogP contribution >= 0.6 is 0 Å². The second-order valence-electron chi connectivity index (χ2n) is 7.56. The fourth-order valence-electron chi connectivity index (χ4n) is 4.52. The molecular weight excluding hydrogens is 366 g/mol. The molecule has 1 aliphatic heterocycles. The molecule has 0 amide bonds. The lowest BCUT2D eigenvalue weighted by molar-refractivity contribution is -0.0795. The number of rotatable bonds is 4. The molecule has 0 bridgehead atoms. The van der Waals surface area contributed by atoms with Gasteiger partial charge < -0.3 is 9.52 Å². The number of fused-ring (bicyclic) bond motifs is 1. The highest BCUT2D eigenvalue weighted by atomic mass is 32.2. The summed E-state index contributed by atoms with van der Waals surface area (Å²) in [5.41, 5.74) is -0.647. The van der Waals surface area contributed by atoms with Crippen molar-refractivity contribution in [3.63, 3.8) is 0 Å². The minimum absolute atomic E-state index is 0.0973. The summed E-state index contributed by atoms with van der Waals surface area (Å²) in [5, 5.41) is 11.3. The van der Waals surface area contributed by atoms with Crippen LogP contribution in [0.3, 0.4) is 0 Å². The van der Waals surface area contributed by atoms with E-state index in [4.69, 9.17) is 4.42 Å². The maximum Gasteiger partial charge on any atom is 0.243 e. The van der Waals surface area contributed by atoms with Gasteiger partial charge in [-0.1, -0.05) is 12.1 Å². The van der Waals surface area contributed by atoms with E-state index in [0.29, 0.717) is 24.3 Å². The van der Waals surface area contributed by atoms with Gasteiger partial charge in [-0.25, -0.2) is 8.42 Å². The standard InChI is InChI=1S/C20H23NO5S/c1-14(22)15-6-8-17(9-7-15)27(24,25)21-12-16-4-2-10-20(23,18(16)13-21)19-5-3-11-26-19/h3,5-9,11,16,18,23H,2,4,10,12-13H2,1H3/t16-,18-,20-/m0/s1. The molecule has 27 heavy (non-hydrogen) atoms. The van der Waals surface area contributed by atoms with Gasteiger partial charge in [-0.05, 0) is 56.4 Å². The van der Waals surface area contributed by atoms with Crippen LogP contribution in [-0.4, -0.2) is 36.7 Å². The molecule has 2 heterocycles. The van der Waals surface area contributed by atoms with Crippen LogP contribution < -0.4 is 0 Å². The van der Waals surface area contributed by atoms with Crippen LogP contribution in [0.4, 0.5) is 0 Å². The van der Waals surface area contributed by atoms with Gasteiger partial charge in [-0.3, -0.25) is 4.79 Å². The SMILES string of the molecule is CC(=O)c1ccc(S(=O)(=O)N2C[C@@H]3CCC[C@@](O)(c4ccco4)[C@H]3C2)cc1. The van der Waals surface area contributed by atoms with Gasteiger partial charge >= 0.3 is 0 Å². The normalized spacial score (nSPS) is 28.8. The van der Waals surface area contributed by atoms with E-state index in [0.717, 1.165) is 12.8 Å². The van der Waals surface area contributed by atoms with E-state index < -0.39 is 15.6 Å². The zero-order chi connectivity index (χ0) is 19.2. The number of furan rings is 1. The minimum atomic E-state index is -3.68. The molecule has 1 N–H and O–H groups in total. The van der Waals surface area contributed by atoms with E-state index >= 15 is 0 Å². The Balaban J connectivity index is 1.62. The molecule has 0 spiro atoms. The lowest BCUT2D eigenvalue weighted by Gasteiger charge is -2.39. The first-order valence-corrected chi connectivity index (χ1v) is 10.6. The quantitative estimate of drug-likeness (QED) is 0.813. The van der Waals surface area contributed by atoms with Crippen LogP contribution in [0.5, 0.6) is 0 Å². The molecule has 3 atom stereocenters. The maximum absolute atomic E-state index is 13.1. The number of hydrogen-bond acceptors (Lipinski definition) is 5. The van der Waals surface area contributed by atoms with Crippen LogP contribution in [0.1, 0.15) is 42.3 Å². The Kier molecular flexibility index (Phi) is 4.49. The van der Waals surface area contributed by atoms with Gasteiger partial charge in [-0.2, -0.15) is 4.31 Å². The summed E-state index contributed by atoms with van der Waals surface area (Å²) in [6.45, 7) is 2.10. The van der Waals surface area contributed by atoms with Crippen LogP contribution in [0.2, 0.25) is 0 Å².